The summed E-state index contributed by atoms with van der Waals surface area (Å²) in [6, 6.07) is 14.1. The zero-order valence-electron chi connectivity index (χ0n) is 21.7. The highest BCUT2D eigenvalue weighted by Crippen LogP contribution is 2.38. The zero-order chi connectivity index (χ0) is 25.7. The van der Waals surface area contributed by atoms with Crippen LogP contribution in [0.2, 0.25) is 0 Å². The molecule has 7 nitrogen and oxygen atoms in total. The van der Waals surface area contributed by atoms with E-state index in [0.29, 0.717) is 50.5 Å². The van der Waals surface area contributed by atoms with Crippen LogP contribution in [0.25, 0.3) is 10.9 Å². The second-order valence-electron chi connectivity index (χ2n) is 9.20. The van der Waals surface area contributed by atoms with Crippen LogP contribution < -0.4 is 9.47 Å². The molecule has 2 aromatic carbocycles. The van der Waals surface area contributed by atoms with E-state index in [1.807, 2.05) is 42.2 Å². The van der Waals surface area contributed by atoms with Gasteiger partial charge in [0.1, 0.15) is 11.5 Å². The van der Waals surface area contributed by atoms with Crippen molar-refractivity contribution in [1.29, 1.82) is 0 Å². The number of carbonyl (C=O) groups is 2. The number of fused-ring (bicyclic) bond motifs is 1. The topological polar surface area (TPSA) is 70.0 Å². The number of aromatic nitrogens is 1. The number of ether oxygens (including phenoxy) is 3. The Morgan fingerprint density at radius 3 is 2.28 bits per heavy atom. The lowest BCUT2D eigenvalue weighted by Crippen LogP contribution is -2.41. The summed E-state index contributed by atoms with van der Waals surface area (Å²) >= 11 is 0. The average molecular weight is 493 g/mol. The number of carbonyl (C=O) groups excluding carboxylic acids is 2. The molecule has 2 heterocycles. The molecule has 1 aliphatic rings. The SMILES string of the molecule is CCOC(=O)C1CCN(C(=O)CC(c2cc(OC)cc(OC)c2)c2cn(CC)c3ccccc23)CC1. The quantitative estimate of drug-likeness (QED) is 0.393. The molecule has 1 fully saturated rings. The van der Waals surface area contributed by atoms with Gasteiger partial charge in [-0.2, -0.15) is 0 Å². The number of piperidine rings is 1. The highest BCUT2D eigenvalue weighted by molar-refractivity contribution is 5.87. The fourth-order valence-electron chi connectivity index (χ4n) is 5.18. The minimum absolute atomic E-state index is 0.0809. The summed E-state index contributed by atoms with van der Waals surface area (Å²) in [5.74, 6) is 1.00. The Labute approximate surface area is 212 Å². The molecule has 1 amide bonds. The molecule has 192 valence electrons. The number of amides is 1. The lowest BCUT2D eigenvalue weighted by molar-refractivity contribution is -0.151. The predicted octanol–water partition coefficient (Wildman–Crippen LogP) is 5.00. The van der Waals surface area contributed by atoms with Gasteiger partial charge in [-0.15, -0.1) is 0 Å². The Hall–Kier alpha value is -3.48. The molecular formula is C29H36N2O5. The number of methoxy groups -OCH3 is 2. The molecule has 1 aliphatic heterocycles. The molecule has 0 aliphatic carbocycles. The second kappa shape index (κ2) is 11.5. The fraction of sp³-hybridized carbons (Fsp3) is 0.448. The van der Waals surface area contributed by atoms with Crippen LogP contribution in [-0.4, -0.2) is 55.3 Å². The van der Waals surface area contributed by atoms with E-state index in [2.05, 4.69) is 29.8 Å². The maximum Gasteiger partial charge on any atom is 0.309 e. The van der Waals surface area contributed by atoms with Crippen molar-refractivity contribution in [1.82, 2.24) is 9.47 Å². The monoisotopic (exact) mass is 492 g/mol. The molecule has 36 heavy (non-hydrogen) atoms. The molecule has 1 atom stereocenters. The molecule has 3 aromatic rings. The molecule has 1 unspecified atom stereocenters. The van der Waals surface area contributed by atoms with E-state index in [9.17, 15) is 9.59 Å². The summed E-state index contributed by atoms with van der Waals surface area (Å²) < 4.78 is 18.5. The van der Waals surface area contributed by atoms with Crippen LogP contribution in [0, 0.1) is 5.92 Å². The highest BCUT2D eigenvalue weighted by atomic mass is 16.5. The van der Waals surface area contributed by atoms with Crippen LogP contribution in [0.5, 0.6) is 11.5 Å². The molecular weight excluding hydrogens is 456 g/mol. The number of benzene rings is 2. The largest absolute Gasteiger partial charge is 0.497 e. The Kier molecular flexibility index (Phi) is 8.18. The van der Waals surface area contributed by atoms with Crippen molar-refractivity contribution in [2.45, 2.75) is 45.6 Å². The van der Waals surface area contributed by atoms with Crippen molar-refractivity contribution in [2.75, 3.05) is 33.9 Å². The summed E-state index contributed by atoms with van der Waals surface area (Å²) in [7, 11) is 3.27. The van der Waals surface area contributed by atoms with E-state index in [-0.39, 0.29) is 23.7 Å². The number of nitrogens with zero attached hydrogens (tertiary/aromatic N) is 2. The summed E-state index contributed by atoms with van der Waals surface area (Å²) in [6.07, 6.45) is 3.76. The Balaban J connectivity index is 1.67. The molecule has 0 N–H and O–H groups in total. The third-order valence-electron chi connectivity index (χ3n) is 7.16. The smallest absolute Gasteiger partial charge is 0.309 e. The maximum absolute atomic E-state index is 13.6. The highest BCUT2D eigenvalue weighted by Gasteiger charge is 2.31. The van der Waals surface area contributed by atoms with Gasteiger partial charge in [0.2, 0.25) is 5.91 Å². The van der Waals surface area contributed by atoms with Gasteiger partial charge in [0.25, 0.3) is 0 Å². The predicted molar refractivity (Wildman–Crippen MR) is 140 cm³/mol. The number of para-hydroxylation sites is 1. The van der Waals surface area contributed by atoms with Gasteiger partial charge in [0.05, 0.1) is 26.7 Å². The van der Waals surface area contributed by atoms with Crippen molar-refractivity contribution < 1.29 is 23.8 Å². The average Bonchev–Trinajstić information content (AvgIpc) is 3.30. The normalized spacial score (nSPS) is 15.1. The molecule has 0 spiro atoms. The number of hydrogen-bond donors (Lipinski definition) is 0. The van der Waals surface area contributed by atoms with Crippen molar-refractivity contribution in [3.63, 3.8) is 0 Å². The summed E-state index contributed by atoms with van der Waals surface area (Å²) in [5.41, 5.74) is 3.23. The van der Waals surface area contributed by atoms with E-state index >= 15 is 0 Å². The van der Waals surface area contributed by atoms with Gasteiger partial charge in [-0.25, -0.2) is 0 Å². The Morgan fingerprint density at radius 1 is 1.00 bits per heavy atom. The summed E-state index contributed by atoms with van der Waals surface area (Å²) in [4.78, 5) is 27.7. The van der Waals surface area contributed by atoms with E-state index < -0.39 is 0 Å². The Bertz CT molecular complexity index is 1190. The molecule has 1 aromatic heterocycles. The number of hydrogen-bond acceptors (Lipinski definition) is 5. The van der Waals surface area contributed by atoms with Gasteiger partial charge < -0.3 is 23.7 Å². The number of likely N-dealkylation sites (tertiary alicyclic amines) is 1. The molecule has 0 radical (unpaired) electrons. The zero-order valence-corrected chi connectivity index (χ0v) is 21.7. The first-order chi connectivity index (χ1) is 17.5. The standard InChI is InChI=1S/C29H36N2O5/c1-5-30-19-26(24-9-7-8-10-27(24)30)25(21-15-22(34-3)17-23(16-21)35-4)18-28(32)31-13-11-20(12-14-31)29(33)36-6-2/h7-10,15-17,19-20,25H,5-6,11-14,18H2,1-4H3. The van der Waals surface area contributed by atoms with Gasteiger partial charge in [-0.05, 0) is 56.0 Å². The van der Waals surface area contributed by atoms with Crippen molar-refractivity contribution >= 4 is 22.8 Å². The molecule has 7 heteroatoms. The summed E-state index contributed by atoms with van der Waals surface area (Å²) in [5, 5.41) is 1.14. The lowest BCUT2D eigenvalue weighted by Gasteiger charge is -2.32. The number of esters is 1. The van der Waals surface area contributed by atoms with Gasteiger partial charge in [-0.3, -0.25) is 9.59 Å². The van der Waals surface area contributed by atoms with E-state index in [1.54, 1.807) is 14.2 Å². The van der Waals surface area contributed by atoms with Gasteiger partial charge in [0, 0.05) is 55.1 Å². The molecule has 0 saturated carbocycles. The van der Waals surface area contributed by atoms with Crippen molar-refractivity contribution in [3.8, 4) is 11.5 Å². The fourth-order valence-corrected chi connectivity index (χ4v) is 5.18. The number of rotatable bonds is 9. The van der Waals surface area contributed by atoms with E-state index in [4.69, 9.17) is 14.2 Å². The van der Waals surface area contributed by atoms with Gasteiger partial charge in [-0.1, -0.05) is 18.2 Å². The minimum Gasteiger partial charge on any atom is -0.497 e. The van der Waals surface area contributed by atoms with Gasteiger partial charge in [0.15, 0.2) is 0 Å². The third kappa shape index (κ3) is 5.35. The molecule has 0 bridgehead atoms. The first-order valence-electron chi connectivity index (χ1n) is 12.7. The third-order valence-corrected chi connectivity index (χ3v) is 7.16. The van der Waals surface area contributed by atoms with Gasteiger partial charge >= 0.3 is 5.97 Å². The Morgan fingerprint density at radius 2 is 1.67 bits per heavy atom. The molecule has 1 saturated heterocycles. The van der Waals surface area contributed by atoms with Crippen LogP contribution in [0.4, 0.5) is 0 Å². The van der Waals surface area contributed by atoms with Crippen LogP contribution in [0.3, 0.4) is 0 Å². The van der Waals surface area contributed by atoms with Crippen LogP contribution >= 0.6 is 0 Å². The van der Waals surface area contributed by atoms with Crippen molar-refractivity contribution in [3.05, 3.63) is 59.8 Å². The van der Waals surface area contributed by atoms with Crippen LogP contribution in [0.1, 0.15) is 50.2 Å². The summed E-state index contributed by atoms with van der Waals surface area (Å²) in [6.45, 7) is 6.29. The first kappa shape index (κ1) is 25.6. The first-order valence-corrected chi connectivity index (χ1v) is 12.7. The number of aryl methyl sites for hydroxylation is 1. The van der Waals surface area contributed by atoms with Crippen LogP contribution in [-0.2, 0) is 20.9 Å². The molecule has 4 rings (SSSR count). The van der Waals surface area contributed by atoms with Crippen molar-refractivity contribution in [2.24, 2.45) is 5.92 Å². The van der Waals surface area contributed by atoms with E-state index in [1.165, 1.54) is 0 Å². The minimum atomic E-state index is -0.179. The maximum atomic E-state index is 13.6. The van der Waals surface area contributed by atoms with Crippen LogP contribution in [0.15, 0.2) is 48.7 Å². The lowest BCUT2D eigenvalue weighted by atomic mass is 9.87. The second-order valence-corrected chi connectivity index (χ2v) is 9.20. The van der Waals surface area contributed by atoms with E-state index in [0.717, 1.165) is 28.6 Å².